The minimum atomic E-state index is -0.578. The molecular formula is C30H29ClFN5O3. The average molecular weight is 562 g/mol. The van der Waals surface area contributed by atoms with E-state index >= 15 is 0 Å². The molecule has 10 heteroatoms. The number of aromatic nitrogens is 1. The summed E-state index contributed by atoms with van der Waals surface area (Å²) in [7, 11) is 1.66. The fourth-order valence-electron chi connectivity index (χ4n) is 5.48. The molecule has 2 aliphatic rings. The van der Waals surface area contributed by atoms with Crippen molar-refractivity contribution in [2.24, 2.45) is 5.92 Å². The molecule has 2 aromatic carbocycles. The standard InChI is InChI=1S/C30H29ClFN5O3/c1-35(30(39)40-25-8-6-24(32)7-9-25)27-19-37(18-26(27)21-2-4-23(31)5-3-21)29(38)22-11-14-36(15-12-22)28-16-20(17-33)10-13-34-28/h2-10,13,16,22,26-27H,11-12,14-15,18-19H2,1H3/t26-,27+/m0/s1. The van der Waals surface area contributed by atoms with Crippen molar-refractivity contribution in [1.82, 2.24) is 14.8 Å². The molecule has 8 nitrogen and oxygen atoms in total. The molecule has 40 heavy (non-hydrogen) atoms. The molecule has 2 fully saturated rings. The van der Waals surface area contributed by atoms with Crippen LogP contribution in [-0.2, 0) is 4.79 Å². The van der Waals surface area contributed by atoms with E-state index in [1.54, 1.807) is 37.5 Å². The van der Waals surface area contributed by atoms with Gasteiger partial charge in [-0.15, -0.1) is 0 Å². The number of nitriles is 1. The van der Waals surface area contributed by atoms with Crippen LogP contribution in [0.15, 0.2) is 66.9 Å². The van der Waals surface area contributed by atoms with Gasteiger partial charge in [-0.05, 0) is 66.9 Å². The molecule has 0 radical (unpaired) electrons. The number of pyridine rings is 1. The third-order valence-corrected chi connectivity index (χ3v) is 8.00. The van der Waals surface area contributed by atoms with E-state index in [9.17, 15) is 19.2 Å². The lowest BCUT2D eigenvalue weighted by Gasteiger charge is -2.34. The van der Waals surface area contributed by atoms with Crippen molar-refractivity contribution in [1.29, 1.82) is 5.26 Å². The first-order chi connectivity index (χ1) is 19.3. The van der Waals surface area contributed by atoms with Crippen LogP contribution in [0.25, 0.3) is 0 Å². The van der Waals surface area contributed by atoms with Gasteiger partial charge in [0.25, 0.3) is 0 Å². The molecule has 0 aliphatic carbocycles. The molecule has 206 valence electrons. The Kier molecular flexibility index (Phi) is 8.17. The first-order valence-corrected chi connectivity index (χ1v) is 13.6. The molecule has 0 spiro atoms. The molecule has 0 unspecified atom stereocenters. The zero-order valence-electron chi connectivity index (χ0n) is 22.0. The Morgan fingerprint density at radius 1 is 1.07 bits per heavy atom. The maximum Gasteiger partial charge on any atom is 0.415 e. The molecule has 2 saturated heterocycles. The third-order valence-electron chi connectivity index (χ3n) is 7.75. The van der Waals surface area contributed by atoms with Crippen LogP contribution in [0.5, 0.6) is 5.75 Å². The second-order valence-corrected chi connectivity index (χ2v) is 10.6. The summed E-state index contributed by atoms with van der Waals surface area (Å²) in [6.45, 7) is 2.17. The van der Waals surface area contributed by atoms with Crippen LogP contribution in [0.3, 0.4) is 0 Å². The van der Waals surface area contributed by atoms with Gasteiger partial charge in [0.1, 0.15) is 17.4 Å². The summed E-state index contributed by atoms with van der Waals surface area (Å²) in [4.78, 5) is 36.6. The minimum Gasteiger partial charge on any atom is -0.410 e. The number of benzene rings is 2. The van der Waals surface area contributed by atoms with E-state index in [2.05, 4.69) is 16.0 Å². The van der Waals surface area contributed by atoms with Gasteiger partial charge >= 0.3 is 6.09 Å². The molecule has 0 bridgehead atoms. The highest BCUT2D eigenvalue weighted by molar-refractivity contribution is 6.30. The number of hydrogen-bond donors (Lipinski definition) is 0. The number of carbonyl (C=O) groups excluding carboxylic acids is 2. The van der Waals surface area contributed by atoms with E-state index in [0.717, 1.165) is 11.4 Å². The molecule has 3 aromatic rings. The summed E-state index contributed by atoms with van der Waals surface area (Å²) in [5.41, 5.74) is 1.53. The van der Waals surface area contributed by atoms with Crippen LogP contribution in [-0.4, -0.2) is 66.1 Å². The van der Waals surface area contributed by atoms with Crippen LogP contribution in [0, 0.1) is 23.1 Å². The van der Waals surface area contributed by atoms with Crippen molar-refractivity contribution >= 4 is 29.4 Å². The smallest absolute Gasteiger partial charge is 0.410 e. The van der Waals surface area contributed by atoms with Crippen molar-refractivity contribution < 1.29 is 18.7 Å². The number of piperidine rings is 1. The van der Waals surface area contributed by atoms with Gasteiger partial charge < -0.3 is 19.4 Å². The summed E-state index contributed by atoms with van der Waals surface area (Å²) in [6, 6.07) is 18.0. The van der Waals surface area contributed by atoms with Crippen LogP contribution in [0.1, 0.15) is 29.9 Å². The van der Waals surface area contributed by atoms with Gasteiger partial charge in [-0.1, -0.05) is 23.7 Å². The molecule has 2 aliphatic heterocycles. The number of carbonyl (C=O) groups is 2. The second-order valence-electron chi connectivity index (χ2n) is 10.2. The van der Waals surface area contributed by atoms with E-state index in [1.165, 1.54) is 29.2 Å². The Labute approximate surface area is 237 Å². The Hall–Kier alpha value is -4.16. The van der Waals surface area contributed by atoms with Gasteiger partial charge in [0.05, 0.1) is 17.7 Å². The molecule has 0 N–H and O–H groups in total. The molecule has 1 aromatic heterocycles. The number of hydrogen-bond acceptors (Lipinski definition) is 6. The predicted octanol–water partition coefficient (Wildman–Crippen LogP) is 5.09. The quantitative estimate of drug-likeness (QED) is 0.431. The first kappa shape index (κ1) is 27.4. The van der Waals surface area contributed by atoms with Crippen LogP contribution in [0.4, 0.5) is 15.0 Å². The summed E-state index contributed by atoms with van der Waals surface area (Å²) < 4.78 is 18.8. The Balaban J connectivity index is 1.28. The van der Waals surface area contributed by atoms with Crippen molar-refractivity contribution in [3.63, 3.8) is 0 Å². The molecule has 3 heterocycles. The molecule has 5 rings (SSSR count). The predicted molar refractivity (Wildman–Crippen MR) is 149 cm³/mol. The number of anilines is 1. The minimum absolute atomic E-state index is 0.0696. The maximum absolute atomic E-state index is 13.7. The van der Waals surface area contributed by atoms with Gasteiger partial charge in [-0.25, -0.2) is 14.2 Å². The number of halogens is 2. The Morgan fingerprint density at radius 3 is 2.45 bits per heavy atom. The highest BCUT2D eigenvalue weighted by atomic mass is 35.5. The summed E-state index contributed by atoms with van der Waals surface area (Å²) in [5.74, 6) is 0.365. The van der Waals surface area contributed by atoms with Gasteiger partial charge in [0.15, 0.2) is 0 Å². The third kappa shape index (κ3) is 6.02. The molecule has 2 atom stereocenters. The van der Waals surface area contributed by atoms with Gasteiger partial charge in [-0.2, -0.15) is 5.26 Å². The SMILES string of the molecule is CN(C(=O)Oc1ccc(F)cc1)[C@@H]1CN(C(=O)C2CCN(c3cc(C#N)ccn3)CC2)C[C@H]1c1ccc(Cl)cc1. The van der Waals surface area contributed by atoms with E-state index in [-0.39, 0.29) is 29.5 Å². The average Bonchev–Trinajstić information content (AvgIpc) is 3.43. The van der Waals surface area contributed by atoms with E-state index in [4.69, 9.17) is 16.3 Å². The number of amides is 2. The number of likely N-dealkylation sites (tertiary alicyclic amines) is 1. The molecular weight excluding hydrogens is 533 g/mol. The van der Waals surface area contributed by atoms with E-state index in [1.807, 2.05) is 17.0 Å². The number of rotatable bonds is 5. The monoisotopic (exact) mass is 561 g/mol. The second kappa shape index (κ2) is 11.9. The van der Waals surface area contributed by atoms with Crippen molar-refractivity contribution in [2.45, 2.75) is 24.8 Å². The fraction of sp³-hybridized carbons (Fsp3) is 0.333. The number of likely N-dealkylation sites (N-methyl/N-ethyl adjacent to an activating group) is 1. The van der Waals surface area contributed by atoms with Crippen LogP contribution >= 0.6 is 11.6 Å². The highest BCUT2D eigenvalue weighted by Crippen LogP contribution is 2.34. The number of ether oxygens (including phenoxy) is 1. The lowest BCUT2D eigenvalue weighted by molar-refractivity contribution is -0.135. The molecule has 2 amide bonds. The summed E-state index contributed by atoms with van der Waals surface area (Å²) in [5, 5.41) is 9.80. The van der Waals surface area contributed by atoms with E-state index in [0.29, 0.717) is 49.6 Å². The Bertz CT molecular complexity index is 1400. The van der Waals surface area contributed by atoms with Crippen molar-refractivity contribution in [3.05, 3.63) is 88.8 Å². The van der Waals surface area contributed by atoms with Crippen LogP contribution in [0.2, 0.25) is 5.02 Å². The number of nitrogens with zero attached hydrogens (tertiary/aromatic N) is 5. The van der Waals surface area contributed by atoms with Crippen molar-refractivity contribution in [3.8, 4) is 11.8 Å². The lowest BCUT2D eigenvalue weighted by Crippen LogP contribution is -2.45. The summed E-state index contributed by atoms with van der Waals surface area (Å²) >= 11 is 6.12. The van der Waals surface area contributed by atoms with E-state index < -0.39 is 11.9 Å². The fourth-order valence-corrected chi connectivity index (χ4v) is 5.61. The Morgan fingerprint density at radius 2 is 1.77 bits per heavy atom. The van der Waals surface area contributed by atoms with Crippen molar-refractivity contribution in [2.75, 3.05) is 38.1 Å². The largest absolute Gasteiger partial charge is 0.415 e. The van der Waals surface area contributed by atoms with Gasteiger partial charge in [-0.3, -0.25) is 4.79 Å². The molecule has 0 saturated carbocycles. The highest BCUT2D eigenvalue weighted by Gasteiger charge is 2.42. The topological polar surface area (TPSA) is 89.8 Å². The first-order valence-electron chi connectivity index (χ1n) is 13.2. The zero-order chi connectivity index (χ0) is 28.2. The normalized spacial score (nSPS) is 19.2. The summed E-state index contributed by atoms with van der Waals surface area (Å²) in [6.07, 6.45) is 2.40. The van der Waals surface area contributed by atoms with Gasteiger partial charge in [0, 0.05) is 56.3 Å². The zero-order valence-corrected chi connectivity index (χ0v) is 22.8. The van der Waals surface area contributed by atoms with Gasteiger partial charge in [0.2, 0.25) is 5.91 Å². The maximum atomic E-state index is 13.7. The van der Waals surface area contributed by atoms with Crippen LogP contribution < -0.4 is 9.64 Å². The lowest BCUT2D eigenvalue weighted by atomic mass is 9.93.